The number of fused-ring (bicyclic) bond motifs is 1. The monoisotopic (exact) mass is 286 g/mol. The lowest BCUT2D eigenvalue weighted by Crippen LogP contribution is -2.19. The molecule has 0 aliphatic heterocycles. The molecule has 0 saturated carbocycles. The summed E-state index contributed by atoms with van der Waals surface area (Å²) in [5.41, 5.74) is 3.70. The highest BCUT2D eigenvalue weighted by Crippen LogP contribution is 2.33. The van der Waals surface area contributed by atoms with Crippen LogP contribution in [0, 0.1) is 6.92 Å². The van der Waals surface area contributed by atoms with Crippen molar-refractivity contribution >= 4 is 0 Å². The van der Waals surface area contributed by atoms with Gasteiger partial charge in [-0.25, -0.2) is 0 Å². The maximum absolute atomic E-state index is 5.79. The van der Waals surface area contributed by atoms with Crippen molar-refractivity contribution in [3.05, 3.63) is 46.8 Å². The van der Waals surface area contributed by atoms with E-state index in [4.69, 9.17) is 9.26 Å². The van der Waals surface area contributed by atoms with Crippen molar-refractivity contribution in [2.45, 2.75) is 45.8 Å². The van der Waals surface area contributed by atoms with Crippen LogP contribution in [0.2, 0.25) is 0 Å². The lowest BCUT2D eigenvalue weighted by Gasteiger charge is -2.13. The van der Waals surface area contributed by atoms with Gasteiger partial charge in [0, 0.05) is 12.1 Å². The van der Waals surface area contributed by atoms with E-state index in [2.05, 4.69) is 29.5 Å². The average Bonchev–Trinajstić information content (AvgIpc) is 3.09. The number of aryl methyl sites for hydroxylation is 2. The minimum atomic E-state index is 0.428. The summed E-state index contributed by atoms with van der Waals surface area (Å²) in [4.78, 5) is 0. The fourth-order valence-corrected chi connectivity index (χ4v) is 2.85. The van der Waals surface area contributed by atoms with E-state index in [0.717, 1.165) is 30.2 Å². The first-order chi connectivity index (χ1) is 10.3. The highest BCUT2D eigenvalue weighted by Gasteiger charge is 2.22. The van der Waals surface area contributed by atoms with E-state index in [1.807, 2.05) is 19.1 Å². The zero-order valence-electron chi connectivity index (χ0n) is 12.7. The fraction of sp³-hybridized carbons (Fsp3) is 0.471. The molecule has 1 aromatic carbocycles. The van der Waals surface area contributed by atoms with Crippen LogP contribution in [-0.4, -0.2) is 11.7 Å². The minimum Gasteiger partial charge on any atom is -0.486 e. The molecule has 0 amide bonds. The molecule has 4 nitrogen and oxygen atoms in total. The molecule has 21 heavy (non-hydrogen) atoms. The summed E-state index contributed by atoms with van der Waals surface area (Å²) >= 11 is 0. The van der Waals surface area contributed by atoms with Gasteiger partial charge in [-0.2, -0.15) is 0 Å². The molecule has 2 aromatic rings. The summed E-state index contributed by atoms with van der Waals surface area (Å²) in [6.45, 7) is 5.61. The van der Waals surface area contributed by atoms with E-state index in [-0.39, 0.29) is 0 Å². The summed E-state index contributed by atoms with van der Waals surface area (Å²) in [6, 6.07) is 8.81. The summed E-state index contributed by atoms with van der Waals surface area (Å²) in [5, 5.41) is 7.47. The van der Waals surface area contributed by atoms with E-state index in [1.54, 1.807) is 0 Å². The molecule has 1 N–H and O–H groups in total. The van der Waals surface area contributed by atoms with Crippen molar-refractivity contribution in [3.8, 4) is 5.75 Å². The van der Waals surface area contributed by atoms with Crippen LogP contribution in [0.15, 0.2) is 28.8 Å². The number of nitrogens with one attached hydrogen (secondary N) is 1. The third kappa shape index (κ3) is 3.27. The molecule has 1 heterocycles. The Hall–Kier alpha value is -1.81. The molecule has 3 rings (SSSR count). The molecule has 0 fully saturated rings. The number of nitrogens with zero attached hydrogens (tertiary/aromatic N) is 1. The van der Waals surface area contributed by atoms with Crippen LogP contribution in [0.25, 0.3) is 0 Å². The molecule has 0 saturated heterocycles. The first-order valence-electron chi connectivity index (χ1n) is 7.67. The quantitative estimate of drug-likeness (QED) is 0.882. The molecule has 1 aromatic heterocycles. The highest BCUT2D eigenvalue weighted by molar-refractivity contribution is 5.40. The second kappa shape index (κ2) is 6.31. The van der Waals surface area contributed by atoms with E-state index in [1.165, 1.54) is 24.0 Å². The summed E-state index contributed by atoms with van der Waals surface area (Å²) in [7, 11) is 0. The number of hydrogen-bond donors (Lipinski definition) is 1. The number of ether oxygens (including phenoxy) is 1. The Labute approximate surface area is 125 Å². The van der Waals surface area contributed by atoms with Crippen molar-refractivity contribution in [2.75, 3.05) is 6.54 Å². The van der Waals surface area contributed by atoms with Crippen molar-refractivity contribution < 1.29 is 9.26 Å². The molecule has 1 aliphatic rings. The van der Waals surface area contributed by atoms with Crippen LogP contribution < -0.4 is 10.1 Å². The summed E-state index contributed by atoms with van der Waals surface area (Å²) in [5.74, 6) is 1.66. The van der Waals surface area contributed by atoms with E-state index in [0.29, 0.717) is 12.6 Å². The molecule has 0 radical (unpaired) electrons. The first kappa shape index (κ1) is 14.1. The van der Waals surface area contributed by atoms with Crippen molar-refractivity contribution in [1.29, 1.82) is 0 Å². The number of rotatable bonds is 6. The molecular weight excluding hydrogens is 264 g/mol. The molecular formula is C17H22N2O2. The zero-order valence-corrected chi connectivity index (χ0v) is 12.7. The lowest BCUT2D eigenvalue weighted by molar-refractivity contribution is 0.248. The van der Waals surface area contributed by atoms with Gasteiger partial charge < -0.3 is 14.6 Å². The molecule has 1 unspecified atom stereocenters. The van der Waals surface area contributed by atoms with Gasteiger partial charge in [0.2, 0.25) is 0 Å². The highest BCUT2D eigenvalue weighted by atomic mass is 16.5. The Kier molecular flexibility index (Phi) is 4.25. The number of aromatic nitrogens is 1. The predicted molar refractivity (Wildman–Crippen MR) is 81.4 cm³/mol. The molecule has 0 bridgehead atoms. The second-order valence-corrected chi connectivity index (χ2v) is 5.63. The maximum atomic E-state index is 5.79. The molecule has 112 valence electrons. The SMILES string of the molecule is CCCNC1CCc2cc(OCc3cc(C)no3)ccc21. The summed E-state index contributed by atoms with van der Waals surface area (Å²) < 4.78 is 10.9. The van der Waals surface area contributed by atoms with Gasteiger partial charge in [-0.3, -0.25) is 0 Å². The van der Waals surface area contributed by atoms with Crippen molar-refractivity contribution in [3.63, 3.8) is 0 Å². The lowest BCUT2D eigenvalue weighted by atomic mass is 10.1. The van der Waals surface area contributed by atoms with Crippen molar-refractivity contribution in [1.82, 2.24) is 10.5 Å². The van der Waals surface area contributed by atoms with E-state index in [9.17, 15) is 0 Å². The van der Waals surface area contributed by atoms with Crippen LogP contribution >= 0.6 is 0 Å². The zero-order chi connectivity index (χ0) is 14.7. The van der Waals surface area contributed by atoms with Gasteiger partial charge in [0.05, 0.1) is 5.69 Å². The molecule has 4 heteroatoms. The van der Waals surface area contributed by atoms with E-state index >= 15 is 0 Å². The fourth-order valence-electron chi connectivity index (χ4n) is 2.85. The van der Waals surface area contributed by atoms with Gasteiger partial charge in [-0.15, -0.1) is 0 Å². The Bertz CT molecular complexity index is 607. The van der Waals surface area contributed by atoms with Crippen LogP contribution in [0.5, 0.6) is 5.75 Å². The maximum Gasteiger partial charge on any atom is 0.174 e. The van der Waals surface area contributed by atoms with Gasteiger partial charge in [0.25, 0.3) is 0 Å². The molecule has 0 spiro atoms. The smallest absolute Gasteiger partial charge is 0.174 e. The number of benzene rings is 1. The summed E-state index contributed by atoms with van der Waals surface area (Å²) in [6.07, 6.45) is 3.47. The van der Waals surface area contributed by atoms with Gasteiger partial charge in [0.1, 0.15) is 12.4 Å². The van der Waals surface area contributed by atoms with Crippen LogP contribution in [0.1, 0.15) is 48.4 Å². The van der Waals surface area contributed by atoms with E-state index < -0.39 is 0 Å². The van der Waals surface area contributed by atoms with Crippen LogP contribution in [-0.2, 0) is 13.0 Å². The topological polar surface area (TPSA) is 47.3 Å². The normalized spacial score (nSPS) is 17.0. The van der Waals surface area contributed by atoms with Gasteiger partial charge in [-0.1, -0.05) is 18.1 Å². The average molecular weight is 286 g/mol. The van der Waals surface area contributed by atoms with Crippen molar-refractivity contribution in [2.24, 2.45) is 0 Å². The Balaban J connectivity index is 1.64. The van der Waals surface area contributed by atoms with Gasteiger partial charge in [0.15, 0.2) is 5.76 Å². The predicted octanol–water partition coefficient (Wildman–Crippen LogP) is 3.55. The third-order valence-electron chi connectivity index (χ3n) is 3.89. The van der Waals surface area contributed by atoms with Gasteiger partial charge in [-0.05, 0) is 56.0 Å². The number of hydrogen-bond acceptors (Lipinski definition) is 4. The van der Waals surface area contributed by atoms with Gasteiger partial charge >= 0.3 is 0 Å². The standard InChI is InChI=1S/C17H22N2O2/c1-3-8-18-17-7-4-13-10-14(5-6-16(13)17)20-11-15-9-12(2)19-21-15/h5-6,9-10,17-18H,3-4,7-8,11H2,1-2H3. The Morgan fingerprint density at radius 2 is 2.29 bits per heavy atom. The first-order valence-corrected chi connectivity index (χ1v) is 7.67. The Morgan fingerprint density at radius 3 is 3.05 bits per heavy atom. The largest absolute Gasteiger partial charge is 0.486 e. The third-order valence-corrected chi connectivity index (χ3v) is 3.89. The van der Waals surface area contributed by atoms with Crippen LogP contribution in [0.4, 0.5) is 0 Å². The Morgan fingerprint density at radius 1 is 1.38 bits per heavy atom. The molecule has 1 atom stereocenters. The second-order valence-electron chi connectivity index (χ2n) is 5.63. The van der Waals surface area contributed by atoms with Crippen LogP contribution in [0.3, 0.4) is 0 Å². The minimum absolute atomic E-state index is 0.428. The molecule has 1 aliphatic carbocycles.